The SMILES string of the molecule is C[C@@]1(C(=O)O)CCN(C(=O)[C@H]2SCCc3sccc32)C1. The van der Waals surface area contributed by atoms with E-state index in [4.69, 9.17) is 0 Å². The molecule has 0 bridgehead atoms. The van der Waals surface area contributed by atoms with Crippen LogP contribution in [0, 0.1) is 5.41 Å². The molecule has 20 heavy (non-hydrogen) atoms. The van der Waals surface area contributed by atoms with E-state index in [-0.39, 0.29) is 11.2 Å². The lowest BCUT2D eigenvalue weighted by atomic mass is 9.90. The molecule has 1 amide bonds. The van der Waals surface area contributed by atoms with Crippen molar-refractivity contribution in [2.24, 2.45) is 5.41 Å². The Morgan fingerprint density at radius 3 is 3.00 bits per heavy atom. The van der Waals surface area contributed by atoms with Crippen molar-refractivity contribution in [2.75, 3.05) is 18.8 Å². The number of hydrogen-bond acceptors (Lipinski definition) is 4. The number of amides is 1. The fraction of sp³-hybridized carbons (Fsp3) is 0.571. The highest BCUT2D eigenvalue weighted by Crippen LogP contribution is 2.42. The first-order valence-electron chi connectivity index (χ1n) is 6.71. The molecule has 108 valence electrons. The summed E-state index contributed by atoms with van der Waals surface area (Å²) in [5, 5.41) is 11.2. The van der Waals surface area contributed by atoms with Crippen LogP contribution in [0.15, 0.2) is 11.4 Å². The average molecular weight is 311 g/mol. The van der Waals surface area contributed by atoms with Gasteiger partial charge in [0.25, 0.3) is 0 Å². The third kappa shape index (κ3) is 2.24. The number of aryl methyl sites for hydroxylation is 1. The summed E-state index contributed by atoms with van der Waals surface area (Å²) in [5.41, 5.74) is 0.354. The maximum absolute atomic E-state index is 12.7. The molecule has 4 nitrogen and oxygen atoms in total. The van der Waals surface area contributed by atoms with Gasteiger partial charge in [0, 0.05) is 18.0 Å². The van der Waals surface area contributed by atoms with E-state index in [1.807, 2.05) is 11.4 Å². The highest BCUT2D eigenvalue weighted by molar-refractivity contribution is 8.00. The summed E-state index contributed by atoms with van der Waals surface area (Å²) in [6, 6.07) is 2.04. The zero-order valence-corrected chi connectivity index (χ0v) is 12.9. The van der Waals surface area contributed by atoms with Crippen LogP contribution < -0.4 is 0 Å². The minimum atomic E-state index is -0.805. The zero-order valence-electron chi connectivity index (χ0n) is 11.3. The number of hydrogen-bond donors (Lipinski definition) is 1. The standard InChI is InChI=1S/C14H17NO3S2/c1-14(13(17)18)4-5-15(8-14)12(16)11-9-2-6-19-10(9)3-7-20-11/h2,6,11H,3-5,7-8H2,1H3,(H,17,18)/t11-,14+/m0/s1. The van der Waals surface area contributed by atoms with Crippen LogP contribution in [0.3, 0.4) is 0 Å². The first kappa shape index (κ1) is 13.9. The van der Waals surface area contributed by atoms with Gasteiger partial charge in [0.05, 0.1) is 5.41 Å². The zero-order chi connectivity index (χ0) is 14.3. The lowest BCUT2D eigenvalue weighted by Gasteiger charge is -2.27. The molecule has 2 aliphatic heterocycles. The van der Waals surface area contributed by atoms with Crippen LogP contribution >= 0.6 is 23.1 Å². The Balaban J connectivity index is 1.77. The van der Waals surface area contributed by atoms with E-state index < -0.39 is 11.4 Å². The molecule has 0 spiro atoms. The predicted octanol–water partition coefficient (Wildman–Crippen LogP) is 2.40. The lowest BCUT2D eigenvalue weighted by molar-refractivity contribution is -0.147. The maximum Gasteiger partial charge on any atom is 0.311 e. The third-order valence-corrected chi connectivity index (χ3v) is 6.43. The summed E-state index contributed by atoms with van der Waals surface area (Å²) in [6.07, 6.45) is 1.58. The van der Waals surface area contributed by atoms with Crippen molar-refractivity contribution in [3.8, 4) is 0 Å². The van der Waals surface area contributed by atoms with Crippen LogP contribution in [0.5, 0.6) is 0 Å². The van der Waals surface area contributed by atoms with Gasteiger partial charge < -0.3 is 10.0 Å². The Kier molecular flexibility index (Phi) is 3.54. The van der Waals surface area contributed by atoms with Gasteiger partial charge in [-0.15, -0.1) is 23.1 Å². The number of carboxylic acid groups (broad SMARTS) is 1. The maximum atomic E-state index is 12.7. The van der Waals surface area contributed by atoms with Crippen molar-refractivity contribution in [3.05, 3.63) is 21.9 Å². The summed E-state index contributed by atoms with van der Waals surface area (Å²) >= 11 is 3.40. The third-order valence-electron chi connectivity index (χ3n) is 4.20. The van der Waals surface area contributed by atoms with E-state index in [1.54, 1.807) is 34.9 Å². The number of carbonyl (C=O) groups excluding carboxylic acids is 1. The molecule has 2 aliphatic rings. The molecule has 1 fully saturated rings. The van der Waals surface area contributed by atoms with Gasteiger partial charge in [0.15, 0.2) is 0 Å². The van der Waals surface area contributed by atoms with Gasteiger partial charge in [0.2, 0.25) is 5.91 Å². The Bertz CT molecular complexity index is 556. The van der Waals surface area contributed by atoms with Crippen LogP contribution in [0.1, 0.15) is 29.0 Å². The highest BCUT2D eigenvalue weighted by atomic mass is 32.2. The van der Waals surface area contributed by atoms with E-state index in [1.165, 1.54) is 4.88 Å². The molecule has 0 aromatic carbocycles. The van der Waals surface area contributed by atoms with E-state index in [0.29, 0.717) is 19.5 Å². The highest BCUT2D eigenvalue weighted by Gasteiger charge is 2.44. The topological polar surface area (TPSA) is 57.6 Å². The molecule has 1 aromatic heterocycles. The number of aliphatic carboxylic acids is 1. The van der Waals surface area contributed by atoms with Gasteiger partial charge in [0.1, 0.15) is 5.25 Å². The number of fused-ring (bicyclic) bond motifs is 1. The van der Waals surface area contributed by atoms with Crippen molar-refractivity contribution in [2.45, 2.75) is 25.0 Å². The van der Waals surface area contributed by atoms with Crippen LogP contribution in [0.2, 0.25) is 0 Å². The van der Waals surface area contributed by atoms with E-state index >= 15 is 0 Å². The number of thiophene rings is 1. The smallest absolute Gasteiger partial charge is 0.311 e. The second-order valence-electron chi connectivity index (χ2n) is 5.68. The molecule has 0 unspecified atom stereocenters. The molecule has 3 heterocycles. The Hall–Kier alpha value is -1.01. The van der Waals surface area contributed by atoms with Crippen molar-refractivity contribution >= 4 is 35.0 Å². The number of likely N-dealkylation sites (tertiary alicyclic amines) is 1. The summed E-state index contributed by atoms with van der Waals surface area (Å²) in [7, 11) is 0. The minimum Gasteiger partial charge on any atom is -0.481 e. The predicted molar refractivity (Wildman–Crippen MR) is 80.2 cm³/mol. The van der Waals surface area contributed by atoms with Gasteiger partial charge in [-0.3, -0.25) is 9.59 Å². The van der Waals surface area contributed by atoms with Crippen LogP contribution in [0.4, 0.5) is 0 Å². The number of carboxylic acids is 1. The van der Waals surface area contributed by atoms with Gasteiger partial charge in [-0.2, -0.15) is 0 Å². The number of nitrogens with zero attached hydrogens (tertiary/aromatic N) is 1. The lowest BCUT2D eigenvalue weighted by Crippen LogP contribution is -2.37. The molecule has 0 saturated carbocycles. The average Bonchev–Trinajstić information content (AvgIpc) is 3.04. The van der Waals surface area contributed by atoms with Gasteiger partial charge in [-0.25, -0.2) is 0 Å². The summed E-state index contributed by atoms with van der Waals surface area (Å²) in [6.45, 7) is 2.61. The molecular weight excluding hydrogens is 294 g/mol. The molecule has 1 saturated heterocycles. The van der Waals surface area contributed by atoms with Crippen molar-refractivity contribution in [1.82, 2.24) is 4.90 Å². The molecule has 3 rings (SSSR count). The van der Waals surface area contributed by atoms with Crippen molar-refractivity contribution in [1.29, 1.82) is 0 Å². The van der Waals surface area contributed by atoms with Crippen molar-refractivity contribution < 1.29 is 14.7 Å². The van der Waals surface area contributed by atoms with Gasteiger partial charge in [-0.1, -0.05) is 0 Å². The van der Waals surface area contributed by atoms with Gasteiger partial charge in [-0.05, 0) is 42.5 Å². The van der Waals surface area contributed by atoms with Crippen LogP contribution in [0.25, 0.3) is 0 Å². The summed E-state index contributed by atoms with van der Waals surface area (Å²) in [5.74, 6) is 0.244. The fourth-order valence-electron chi connectivity index (χ4n) is 2.84. The molecular formula is C14H17NO3S2. The van der Waals surface area contributed by atoms with E-state index in [9.17, 15) is 14.7 Å². The summed E-state index contributed by atoms with van der Waals surface area (Å²) in [4.78, 5) is 27.0. The number of thioether (sulfide) groups is 1. The van der Waals surface area contributed by atoms with Crippen LogP contribution in [-0.2, 0) is 16.0 Å². The number of carbonyl (C=O) groups is 2. The first-order chi connectivity index (χ1) is 9.51. The largest absolute Gasteiger partial charge is 0.481 e. The molecule has 0 aliphatic carbocycles. The normalized spacial score (nSPS) is 29.2. The Morgan fingerprint density at radius 2 is 2.30 bits per heavy atom. The second kappa shape index (κ2) is 5.07. The summed E-state index contributed by atoms with van der Waals surface area (Å²) < 4.78 is 0. The Labute approximate surface area is 126 Å². The molecule has 6 heteroatoms. The van der Waals surface area contributed by atoms with E-state index in [0.717, 1.165) is 17.7 Å². The minimum absolute atomic E-state index is 0.0827. The van der Waals surface area contributed by atoms with Gasteiger partial charge >= 0.3 is 5.97 Å². The Morgan fingerprint density at radius 1 is 1.50 bits per heavy atom. The number of rotatable bonds is 2. The molecule has 2 atom stereocenters. The van der Waals surface area contributed by atoms with Crippen molar-refractivity contribution in [3.63, 3.8) is 0 Å². The first-order valence-corrected chi connectivity index (χ1v) is 8.64. The fourth-order valence-corrected chi connectivity index (χ4v) is 5.21. The molecule has 0 radical (unpaired) electrons. The monoisotopic (exact) mass is 311 g/mol. The van der Waals surface area contributed by atoms with Crippen LogP contribution in [-0.4, -0.2) is 40.7 Å². The quantitative estimate of drug-likeness (QED) is 0.911. The second-order valence-corrected chi connectivity index (χ2v) is 7.89. The van der Waals surface area contributed by atoms with E-state index in [2.05, 4.69) is 0 Å². The molecule has 1 aromatic rings. The molecule has 1 N–H and O–H groups in total.